The molecule has 1 aliphatic heterocycles. The van der Waals surface area contributed by atoms with Crippen LogP contribution in [0.5, 0.6) is 0 Å². The number of amidine groups is 1. The number of unbranched alkanes of at least 4 members (excludes halogenated alkanes) is 1. The van der Waals surface area contributed by atoms with Crippen molar-refractivity contribution in [1.82, 2.24) is 5.32 Å². The summed E-state index contributed by atoms with van der Waals surface area (Å²) >= 11 is 1.79. The van der Waals surface area contributed by atoms with Crippen molar-refractivity contribution >= 4 is 22.8 Å². The normalized spacial score (nSPS) is 26.8. The number of primary amides is 1. The second-order valence-corrected chi connectivity index (χ2v) is 5.83. The van der Waals surface area contributed by atoms with Gasteiger partial charge in [0.25, 0.3) is 0 Å². The zero-order valence-corrected chi connectivity index (χ0v) is 11.6. The summed E-state index contributed by atoms with van der Waals surface area (Å²) in [5, 5.41) is 4.56. The monoisotopic (exact) mass is 257 g/mol. The largest absolute Gasteiger partial charge is 0.370 e. The van der Waals surface area contributed by atoms with E-state index in [1.54, 1.807) is 11.8 Å². The summed E-state index contributed by atoms with van der Waals surface area (Å²) in [6, 6.07) is 0. The molecule has 0 radical (unpaired) electrons. The first-order valence-electron chi connectivity index (χ1n) is 6.29. The Bertz CT molecular complexity index is 293. The minimum atomic E-state index is -0.221. The van der Waals surface area contributed by atoms with Gasteiger partial charge >= 0.3 is 0 Å². The van der Waals surface area contributed by atoms with Crippen molar-refractivity contribution in [1.29, 1.82) is 0 Å². The van der Waals surface area contributed by atoms with Crippen molar-refractivity contribution in [3.8, 4) is 0 Å². The van der Waals surface area contributed by atoms with Crippen LogP contribution < -0.4 is 11.1 Å². The first kappa shape index (κ1) is 14.4. The van der Waals surface area contributed by atoms with E-state index in [1.165, 1.54) is 6.42 Å². The van der Waals surface area contributed by atoms with E-state index in [0.29, 0.717) is 6.42 Å². The molecule has 4 nitrogen and oxygen atoms in total. The fourth-order valence-corrected chi connectivity index (χ4v) is 2.92. The minimum absolute atomic E-state index is 0.206. The highest BCUT2D eigenvalue weighted by molar-refractivity contribution is 8.13. The molecule has 0 saturated carbocycles. The third-order valence-corrected chi connectivity index (χ3v) is 4.08. The minimum Gasteiger partial charge on any atom is -0.370 e. The van der Waals surface area contributed by atoms with Gasteiger partial charge in [-0.1, -0.05) is 18.7 Å². The van der Waals surface area contributed by atoms with Crippen LogP contribution >= 0.6 is 11.8 Å². The van der Waals surface area contributed by atoms with Crippen molar-refractivity contribution in [3.63, 3.8) is 0 Å². The number of carbonyl (C=O) groups is 1. The number of amides is 1. The van der Waals surface area contributed by atoms with Gasteiger partial charge in [0.15, 0.2) is 5.17 Å². The second-order valence-electron chi connectivity index (χ2n) is 4.75. The number of nitrogens with one attached hydrogen (secondary N) is 1. The lowest BCUT2D eigenvalue weighted by atomic mass is 9.96. The highest BCUT2D eigenvalue weighted by Crippen LogP contribution is 2.24. The van der Waals surface area contributed by atoms with Gasteiger partial charge in [-0.3, -0.25) is 9.79 Å². The van der Waals surface area contributed by atoms with E-state index >= 15 is 0 Å². The van der Waals surface area contributed by atoms with Crippen LogP contribution in [0.4, 0.5) is 0 Å². The topological polar surface area (TPSA) is 67.5 Å². The Balaban J connectivity index is 2.27. The zero-order valence-electron chi connectivity index (χ0n) is 10.8. The van der Waals surface area contributed by atoms with E-state index in [2.05, 4.69) is 24.2 Å². The Morgan fingerprint density at radius 1 is 1.59 bits per heavy atom. The van der Waals surface area contributed by atoms with E-state index in [9.17, 15) is 4.79 Å². The summed E-state index contributed by atoms with van der Waals surface area (Å²) in [5.74, 6) is 0.915. The fraction of sp³-hybridized carbons (Fsp3) is 0.833. The molecule has 1 unspecified atom stereocenters. The molecular weight excluding hydrogens is 234 g/mol. The molecule has 1 heterocycles. The molecule has 0 aromatic rings. The van der Waals surface area contributed by atoms with E-state index in [0.717, 1.165) is 36.7 Å². The lowest BCUT2D eigenvalue weighted by Crippen LogP contribution is -2.48. The third kappa shape index (κ3) is 5.44. The van der Waals surface area contributed by atoms with Crippen LogP contribution in [-0.2, 0) is 4.79 Å². The van der Waals surface area contributed by atoms with E-state index in [-0.39, 0.29) is 11.4 Å². The molecule has 0 aromatic carbocycles. The van der Waals surface area contributed by atoms with Crippen LogP contribution in [0.25, 0.3) is 0 Å². The molecule has 1 amide bonds. The molecule has 1 rings (SSSR count). The number of carbonyl (C=O) groups excluding carboxylic acids is 1. The lowest BCUT2D eigenvalue weighted by Gasteiger charge is -2.35. The van der Waals surface area contributed by atoms with Gasteiger partial charge in [-0.2, -0.15) is 0 Å². The first-order chi connectivity index (χ1) is 8.06. The Morgan fingerprint density at radius 3 is 3.00 bits per heavy atom. The first-order valence-corrected chi connectivity index (χ1v) is 7.28. The molecule has 1 aliphatic rings. The number of hydrogen-bond donors (Lipinski definition) is 2. The maximum Gasteiger partial charge on any atom is 0.217 e. The summed E-state index contributed by atoms with van der Waals surface area (Å²) in [6.45, 7) is 5.23. The molecule has 1 fully saturated rings. The number of nitrogens with zero attached hydrogens (tertiary/aromatic N) is 1. The Labute approximate surface area is 108 Å². The van der Waals surface area contributed by atoms with Gasteiger partial charge in [0.1, 0.15) is 0 Å². The summed E-state index contributed by atoms with van der Waals surface area (Å²) < 4.78 is 0. The smallest absolute Gasteiger partial charge is 0.217 e. The maximum atomic E-state index is 10.6. The van der Waals surface area contributed by atoms with Gasteiger partial charge in [-0.05, 0) is 32.6 Å². The van der Waals surface area contributed by atoms with Gasteiger partial charge in [0, 0.05) is 24.3 Å². The quantitative estimate of drug-likeness (QED) is 0.714. The summed E-state index contributed by atoms with van der Waals surface area (Å²) in [4.78, 5) is 15.1. The van der Waals surface area contributed by atoms with Crippen LogP contribution in [0.3, 0.4) is 0 Å². The van der Waals surface area contributed by atoms with Gasteiger partial charge in [0.05, 0.1) is 0 Å². The van der Waals surface area contributed by atoms with Crippen LogP contribution in [0.2, 0.25) is 0 Å². The van der Waals surface area contributed by atoms with Gasteiger partial charge in [0.2, 0.25) is 5.91 Å². The maximum absolute atomic E-state index is 10.6. The molecule has 1 saturated heterocycles. The van der Waals surface area contributed by atoms with E-state index in [4.69, 9.17) is 5.73 Å². The average Bonchev–Trinajstić information content (AvgIpc) is 2.28. The van der Waals surface area contributed by atoms with Crippen LogP contribution in [0.1, 0.15) is 46.0 Å². The van der Waals surface area contributed by atoms with E-state index < -0.39 is 0 Å². The van der Waals surface area contributed by atoms with Gasteiger partial charge in [-0.25, -0.2) is 0 Å². The standard InChI is InChI=1S/C12H23N3OS/c1-3-12(2)7-9-17-11(15-12)14-8-5-4-6-10(13)16/h3-9H2,1-2H3,(H2,13,16)(H,14,15). The van der Waals surface area contributed by atoms with Gasteiger partial charge < -0.3 is 11.1 Å². The molecule has 98 valence electrons. The SMILES string of the molecule is CCC1(C)CCSC(=NCCCCC(N)=O)N1. The molecular formula is C12H23N3OS. The molecule has 1 atom stereocenters. The Kier molecular flexibility index (Phi) is 5.82. The lowest BCUT2D eigenvalue weighted by molar-refractivity contribution is -0.118. The van der Waals surface area contributed by atoms with Crippen LogP contribution in [0.15, 0.2) is 4.99 Å². The number of thioether (sulfide) groups is 1. The summed E-state index contributed by atoms with van der Waals surface area (Å²) in [5.41, 5.74) is 5.29. The van der Waals surface area contributed by atoms with Crippen molar-refractivity contribution in [2.75, 3.05) is 12.3 Å². The van der Waals surface area contributed by atoms with Crippen LogP contribution in [-0.4, -0.2) is 28.9 Å². The Morgan fingerprint density at radius 2 is 2.35 bits per heavy atom. The Hall–Kier alpha value is -0.710. The summed E-state index contributed by atoms with van der Waals surface area (Å²) in [7, 11) is 0. The van der Waals surface area contributed by atoms with Crippen molar-refractivity contribution in [2.45, 2.75) is 51.5 Å². The number of aliphatic imine (C=N–C) groups is 1. The molecule has 0 spiro atoms. The molecule has 5 heteroatoms. The van der Waals surface area contributed by atoms with E-state index in [1.807, 2.05) is 0 Å². The van der Waals surface area contributed by atoms with Gasteiger partial charge in [-0.15, -0.1) is 0 Å². The fourth-order valence-electron chi connectivity index (χ4n) is 1.67. The predicted molar refractivity (Wildman–Crippen MR) is 74.3 cm³/mol. The molecule has 0 aromatic heterocycles. The second kappa shape index (κ2) is 6.89. The third-order valence-electron chi connectivity index (χ3n) is 3.17. The number of hydrogen-bond acceptors (Lipinski definition) is 3. The average molecular weight is 257 g/mol. The molecule has 17 heavy (non-hydrogen) atoms. The zero-order chi connectivity index (χ0) is 12.7. The molecule has 0 bridgehead atoms. The predicted octanol–water partition coefficient (Wildman–Crippen LogP) is 1.89. The highest BCUT2D eigenvalue weighted by atomic mass is 32.2. The highest BCUT2D eigenvalue weighted by Gasteiger charge is 2.27. The molecule has 3 N–H and O–H groups in total. The van der Waals surface area contributed by atoms with Crippen molar-refractivity contribution in [2.24, 2.45) is 10.7 Å². The molecule has 0 aliphatic carbocycles. The van der Waals surface area contributed by atoms with Crippen molar-refractivity contribution < 1.29 is 4.79 Å². The number of rotatable bonds is 6. The van der Waals surface area contributed by atoms with Crippen molar-refractivity contribution in [3.05, 3.63) is 0 Å². The summed E-state index contributed by atoms with van der Waals surface area (Å²) in [6.07, 6.45) is 4.54. The van der Waals surface area contributed by atoms with Crippen LogP contribution in [0, 0.1) is 0 Å². The number of nitrogens with two attached hydrogens (primary N) is 1.